The van der Waals surface area contributed by atoms with Crippen molar-refractivity contribution < 1.29 is 0 Å². The van der Waals surface area contributed by atoms with Crippen LogP contribution in [0.5, 0.6) is 0 Å². The van der Waals surface area contributed by atoms with Crippen LogP contribution in [-0.4, -0.2) is 11.1 Å². The molecule has 0 atom stereocenters. The van der Waals surface area contributed by atoms with Gasteiger partial charge in [0.05, 0.1) is 14.1 Å². The average molecular weight is 330 g/mol. The second kappa shape index (κ2) is 4.82. The second-order valence-corrected chi connectivity index (χ2v) is 11.3. The van der Waals surface area contributed by atoms with Gasteiger partial charge >= 0.3 is 0 Å². The number of nitrogens with zero attached hydrogens (tertiary/aromatic N) is 1. The van der Waals surface area contributed by atoms with Gasteiger partial charge in [-0.3, -0.25) is 0 Å². The van der Waals surface area contributed by atoms with Crippen LogP contribution < -0.4 is 5.09 Å². The maximum absolute atomic E-state index is 5.35. The Morgan fingerprint density at radius 3 is 1.43 bits per heavy atom. The molecule has 0 spiro atoms. The zero-order valence-corrected chi connectivity index (χ0v) is 15.2. The number of nitrogens with one attached hydrogen (secondary N) is 1. The van der Waals surface area contributed by atoms with Gasteiger partial charge in [-0.1, -0.05) is 0 Å². The van der Waals surface area contributed by atoms with Crippen molar-refractivity contribution in [2.75, 3.05) is 0 Å². The van der Waals surface area contributed by atoms with Crippen molar-refractivity contribution >= 4 is 8.52 Å². The van der Waals surface area contributed by atoms with E-state index in [-0.39, 0.29) is 0 Å². The van der Waals surface area contributed by atoms with Gasteiger partial charge in [-0.25, -0.2) is 9.83 Å². The van der Waals surface area contributed by atoms with Crippen molar-refractivity contribution in [3.63, 3.8) is 0 Å². The molecule has 3 heteroatoms. The molecule has 0 aromatic heterocycles. The molecule has 8 aliphatic carbocycles. The fourth-order valence-corrected chi connectivity index (χ4v) is 9.67. The Morgan fingerprint density at radius 1 is 0.609 bits per heavy atom. The predicted octanol–water partition coefficient (Wildman–Crippen LogP) is 5.56. The lowest BCUT2D eigenvalue weighted by molar-refractivity contribution is -0.00794. The van der Waals surface area contributed by atoms with E-state index in [9.17, 15) is 0 Å². The lowest BCUT2D eigenvalue weighted by atomic mass is 9.53. The van der Waals surface area contributed by atoms with E-state index in [4.69, 9.17) is 4.74 Å². The van der Waals surface area contributed by atoms with E-state index in [0.717, 1.165) is 35.5 Å². The molecule has 0 aromatic carbocycles. The molecule has 2 nitrogen and oxygen atoms in total. The summed E-state index contributed by atoms with van der Waals surface area (Å²) < 4.78 is 5.35. The Balaban J connectivity index is 1.19. The largest absolute Gasteiger partial charge is 0.249 e. The minimum atomic E-state index is 0.394. The molecule has 8 aliphatic rings. The molecule has 0 aliphatic heterocycles. The van der Waals surface area contributed by atoms with Gasteiger partial charge in [0.15, 0.2) is 0 Å². The van der Waals surface area contributed by atoms with Crippen LogP contribution in [0, 0.1) is 35.5 Å². The maximum atomic E-state index is 5.35. The van der Waals surface area contributed by atoms with Gasteiger partial charge in [0, 0.05) is 5.54 Å². The topological polar surface area (TPSA) is 24.4 Å². The quantitative estimate of drug-likeness (QED) is 0.673. The van der Waals surface area contributed by atoms with Crippen molar-refractivity contribution in [2.24, 2.45) is 40.3 Å². The highest BCUT2D eigenvalue weighted by Crippen LogP contribution is 2.59. The molecule has 0 radical (unpaired) electrons. The van der Waals surface area contributed by atoms with Crippen molar-refractivity contribution in [2.45, 2.75) is 88.1 Å². The molecule has 8 bridgehead atoms. The zero-order chi connectivity index (χ0) is 15.1. The van der Waals surface area contributed by atoms with Gasteiger partial charge in [0.1, 0.15) is 0 Å². The normalized spacial score (nSPS) is 59.3. The van der Waals surface area contributed by atoms with Crippen LogP contribution in [0.4, 0.5) is 0 Å². The molecule has 126 valence electrons. The molecule has 0 unspecified atom stereocenters. The Bertz CT molecular complexity index is 469. The van der Waals surface area contributed by atoms with Crippen molar-refractivity contribution in [1.29, 1.82) is 0 Å². The van der Waals surface area contributed by atoms with Crippen LogP contribution in [0.2, 0.25) is 0 Å². The Hall–Kier alpha value is 0.0600. The lowest BCUT2D eigenvalue weighted by Crippen LogP contribution is -2.56. The summed E-state index contributed by atoms with van der Waals surface area (Å²) in [5, 5.41) is 4.01. The highest BCUT2D eigenvalue weighted by atomic mass is 31.1. The molecular weight excluding hydrogens is 299 g/mol. The molecule has 8 saturated carbocycles. The SMILES string of the molecule is C1C2CC3CC1CC(N=PNC14CC5CC(CC(C5)C1)C4)(C2)C3. The minimum absolute atomic E-state index is 0.394. The smallest absolute Gasteiger partial charge is 0.0915 e. The third kappa shape index (κ3) is 2.30. The summed E-state index contributed by atoms with van der Waals surface area (Å²) in [4.78, 5) is 0. The van der Waals surface area contributed by atoms with Crippen molar-refractivity contribution in [3.05, 3.63) is 0 Å². The second-order valence-electron chi connectivity index (χ2n) is 10.7. The van der Waals surface area contributed by atoms with Gasteiger partial charge < -0.3 is 0 Å². The molecule has 0 saturated heterocycles. The van der Waals surface area contributed by atoms with E-state index >= 15 is 0 Å². The first-order valence-corrected chi connectivity index (χ1v) is 11.2. The molecule has 0 amide bonds. The predicted molar refractivity (Wildman–Crippen MR) is 94.3 cm³/mol. The maximum Gasteiger partial charge on any atom is 0.0915 e. The first kappa shape index (κ1) is 14.3. The van der Waals surface area contributed by atoms with Gasteiger partial charge in [0.2, 0.25) is 0 Å². The summed E-state index contributed by atoms with van der Waals surface area (Å²) in [6, 6.07) is 0. The standard InChI is InChI=1S/C20H31N2P/c1-13-2-15-3-14(1)8-19(7-13,9-15)21-23-22-20-10-16-4-17(11-20)6-18(5-16)12-20/h13-18H,1-12H2,(H,21,22). The van der Waals surface area contributed by atoms with E-state index in [1.165, 1.54) is 66.3 Å². The third-order valence-corrected chi connectivity index (χ3v) is 9.69. The summed E-state index contributed by atoms with van der Waals surface area (Å²) in [5.41, 5.74) is 0.883. The van der Waals surface area contributed by atoms with Crippen LogP contribution in [0.15, 0.2) is 4.74 Å². The Morgan fingerprint density at radius 2 is 1.00 bits per heavy atom. The summed E-state index contributed by atoms with van der Waals surface area (Å²) >= 11 is 0. The van der Waals surface area contributed by atoms with E-state index in [0.29, 0.717) is 11.1 Å². The first-order chi connectivity index (χ1) is 11.2. The number of hydrogen-bond donors (Lipinski definition) is 1. The summed E-state index contributed by atoms with van der Waals surface area (Å²) in [6.45, 7) is 0. The molecule has 0 heterocycles. The van der Waals surface area contributed by atoms with E-state index in [2.05, 4.69) is 5.09 Å². The minimum Gasteiger partial charge on any atom is -0.249 e. The summed E-state index contributed by atoms with van der Waals surface area (Å²) in [7, 11) is 1.25. The van der Waals surface area contributed by atoms with Gasteiger partial charge in [-0.05, 0) is 113 Å². The molecule has 0 aromatic rings. The van der Waals surface area contributed by atoms with Crippen LogP contribution >= 0.6 is 8.52 Å². The van der Waals surface area contributed by atoms with Crippen LogP contribution in [0.25, 0.3) is 0 Å². The van der Waals surface area contributed by atoms with Gasteiger partial charge in [0.25, 0.3) is 0 Å². The fraction of sp³-hybridized carbons (Fsp3) is 1.00. The fourth-order valence-electron chi connectivity index (χ4n) is 8.67. The Kier molecular flexibility index (Phi) is 2.99. The molecular formula is C20H31N2P. The zero-order valence-electron chi connectivity index (χ0n) is 14.3. The molecule has 23 heavy (non-hydrogen) atoms. The van der Waals surface area contributed by atoms with Crippen LogP contribution in [0.3, 0.4) is 0 Å². The summed E-state index contributed by atoms with van der Waals surface area (Å²) in [6.07, 6.45) is 17.9. The van der Waals surface area contributed by atoms with E-state index < -0.39 is 0 Å². The van der Waals surface area contributed by atoms with Crippen LogP contribution in [-0.2, 0) is 0 Å². The van der Waals surface area contributed by atoms with E-state index in [1.54, 1.807) is 19.3 Å². The highest BCUT2D eigenvalue weighted by Gasteiger charge is 2.52. The highest BCUT2D eigenvalue weighted by molar-refractivity contribution is 7.24. The Labute approximate surface area is 142 Å². The van der Waals surface area contributed by atoms with Crippen molar-refractivity contribution in [3.8, 4) is 0 Å². The van der Waals surface area contributed by atoms with Gasteiger partial charge in [-0.15, -0.1) is 0 Å². The van der Waals surface area contributed by atoms with Gasteiger partial charge in [-0.2, -0.15) is 0 Å². The average Bonchev–Trinajstić information content (AvgIpc) is 2.43. The molecule has 8 rings (SSSR count). The number of rotatable bonds is 3. The summed E-state index contributed by atoms with van der Waals surface area (Å²) in [5.74, 6) is 6.22. The molecule has 8 fully saturated rings. The third-order valence-electron chi connectivity index (χ3n) is 8.59. The number of hydrogen-bond acceptors (Lipinski definition) is 1. The van der Waals surface area contributed by atoms with Crippen molar-refractivity contribution in [1.82, 2.24) is 5.09 Å². The van der Waals surface area contributed by atoms with Crippen LogP contribution in [0.1, 0.15) is 77.0 Å². The van der Waals surface area contributed by atoms with E-state index in [1.807, 2.05) is 0 Å². The molecule has 1 N–H and O–H groups in total. The lowest BCUT2D eigenvalue weighted by Gasteiger charge is -2.57. The first-order valence-electron chi connectivity index (χ1n) is 10.4. The monoisotopic (exact) mass is 330 g/mol.